The molecule has 0 radical (unpaired) electrons. The van der Waals surface area contributed by atoms with Crippen LogP contribution in [0.1, 0.15) is 20.9 Å². The molecule has 2 heterocycles. The Morgan fingerprint density at radius 3 is 2.64 bits per heavy atom. The van der Waals surface area contributed by atoms with Crippen LogP contribution >= 0.6 is 11.3 Å². The van der Waals surface area contributed by atoms with Crippen LogP contribution in [0, 0.1) is 6.92 Å². The number of carbonyl (C=O) groups is 1. The molecule has 1 fully saturated rings. The maximum Gasteiger partial charge on any atom is 0.418 e. The molecule has 9 heteroatoms. The van der Waals surface area contributed by atoms with Crippen LogP contribution in [0.2, 0.25) is 0 Å². The topological polar surface area (TPSA) is 54.5 Å². The van der Waals surface area contributed by atoms with Crippen molar-refractivity contribution >= 4 is 28.6 Å². The maximum atomic E-state index is 13.5. The molecule has 134 valence electrons. The lowest BCUT2D eigenvalue weighted by Gasteiger charge is -2.29. The van der Waals surface area contributed by atoms with E-state index in [1.807, 2.05) is 4.90 Å². The fraction of sp³-hybridized carbons (Fsp3) is 0.375. The zero-order valence-corrected chi connectivity index (χ0v) is 14.2. The smallest absolute Gasteiger partial charge is 0.378 e. The third-order valence-electron chi connectivity index (χ3n) is 3.88. The van der Waals surface area contributed by atoms with Crippen molar-refractivity contribution in [3.63, 3.8) is 0 Å². The first-order chi connectivity index (χ1) is 11.9. The Bertz CT molecular complexity index is 770. The number of rotatable bonds is 3. The van der Waals surface area contributed by atoms with Gasteiger partial charge in [0.05, 0.1) is 35.7 Å². The highest BCUT2D eigenvalue weighted by Gasteiger charge is 2.35. The molecule has 5 nitrogen and oxygen atoms in total. The van der Waals surface area contributed by atoms with Gasteiger partial charge in [-0.3, -0.25) is 4.79 Å². The van der Waals surface area contributed by atoms with Crippen LogP contribution in [0.4, 0.5) is 24.5 Å². The van der Waals surface area contributed by atoms with Crippen molar-refractivity contribution in [1.82, 2.24) is 4.98 Å². The van der Waals surface area contributed by atoms with Crippen molar-refractivity contribution in [2.75, 3.05) is 36.5 Å². The number of aromatic nitrogens is 1. The van der Waals surface area contributed by atoms with Gasteiger partial charge in [0.1, 0.15) is 4.88 Å². The number of thiazole rings is 1. The Morgan fingerprint density at radius 2 is 2.04 bits per heavy atom. The predicted octanol–water partition coefficient (Wildman–Crippen LogP) is 3.56. The van der Waals surface area contributed by atoms with Gasteiger partial charge < -0.3 is 15.0 Å². The molecule has 1 aromatic heterocycles. The van der Waals surface area contributed by atoms with Gasteiger partial charge in [0.15, 0.2) is 0 Å². The van der Waals surface area contributed by atoms with Crippen LogP contribution in [-0.4, -0.2) is 37.2 Å². The summed E-state index contributed by atoms with van der Waals surface area (Å²) in [5.41, 5.74) is 1.30. The molecule has 1 saturated heterocycles. The lowest BCUT2D eigenvalue weighted by Crippen LogP contribution is -2.36. The number of anilines is 2. The number of nitrogens with zero attached hydrogens (tertiary/aromatic N) is 2. The number of nitrogens with one attached hydrogen (secondary N) is 1. The number of alkyl halides is 3. The quantitative estimate of drug-likeness (QED) is 0.896. The van der Waals surface area contributed by atoms with Gasteiger partial charge in [0, 0.05) is 18.8 Å². The summed E-state index contributed by atoms with van der Waals surface area (Å²) >= 11 is 1.09. The van der Waals surface area contributed by atoms with Crippen LogP contribution in [0.15, 0.2) is 23.7 Å². The Labute approximate surface area is 146 Å². The summed E-state index contributed by atoms with van der Waals surface area (Å²) in [6, 6.07) is 3.94. The highest BCUT2D eigenvalue weighted by atomic mass is 32.1. The average molecular weight is 371 g/mol. The van der Waals surface area contributed by atoms with Crippen molar-refractivity contribution in [3.05, 3.63) is 39.8 Å². The lowest BCUT2D eigenvalue weighted by atomic mass is 10.1. The highest BCUT2D eigenvalue weighted by Crippen LogP contribution is 2.37. The summed E-state index contributed by atoms with van der Waals surface area (Å²) in [5, 5.41) is 2.36. The molecule has 1 amide bonds. The number of amides is 1. The van der Waals surface area contributed by atoms with Gasteiger partial charge in [-0.15, -0.1) is 11.3 Å². The number of carbonyl (C=O) groups excluding carboxylic acids is 1. The fourth-order valence-electron chi connectivity index (χ4n) is 2.59. The van der Waals surface area contributed by atoms with E-state index < -0.39 is 17.6 Å². The minimum atomic E-state index is -4.58. The first kappa shape index (κ1) is 17.7. The monoisotopic (exact) mass is 371 g/mol. The van der Waals surface area contributed by atoms with Crippen molar-refractivity contribution in [2.45, 2.75) is 13.1 Å². The van der Waals surface area contributed by atoms with E-state index in [9.17, 15) is 18.0 Å². The summed E-state index contributed by atoms with van der Waals surface area (Å²) in [4.78, 5) is 18.3. The summed E-state index contributed by atoms with van der Waals surface area (Å²) in [5.74, 6) is -0.593. The van der Waals surface area contributed by atoms with Crippen molar-refractivity contribution in [2.24, 2.45) is 0 Å². The molecule has 1 aliphatic rings. The number of benzene rings is 1. The van der Waals surface area contributed by atoms with E-state index in [-0.39, 0.29) is 5.69 Å². The first-order valence-electron chi connectivity index (χ1n) is 7.61. The van der Waals surface area contributed by atoms with Gasteiger partial charge in [-0.1, -0.05) is 0 Å². The molecule has 0 unspecified atom stereocenters. The normalized spacial score (nSPS) is 15.3. The van der Waals surface area contributed by atoms with E-state index in [1.165, 1.54) is 11.6 Å². The molecule has 0 bridgehead atoms. The van der Waals surface area contributed by atoms with Gasteiger partial charge in [-0.05, 0) is 25.1 Å². The van der Waals surface area contributed by atoms with Crippen molar-refractivity contribution in [3.8, 4) is 0 Å². The SMILES string of the molecule is Cc1ncsc1C(=O)Nc1ccc(N2CCOCC2)cc1C(F)(F)F. The molecule has 0 saturated carbocycles. The molecule has 0 aliphatic carbocycles. The van der Waals surface area contributed by atoms with Gasteiger partial charge in [0.2, 0.25) is 0 Å². The number of morpholine rings is 1. The van der Waals surface area contributed by atoms with Gasteiger partial charge >= 0.3 is 6.18 Å². The summed E-state index contributed by atoms with van der Waals surface area (Å²) in [6.07, 6.45) is -4.58. The second-order valence-corrected chi connectivity index (χ2v) is 6.40. The molecule has 1 aliphatic heterocycles. The van der Waals surface area contributed by atoms with Gasteiger partial charge in [-0.2, -0.15) is 13.2 Å². The van der Waals surface area contributed by atoms with E-state index in [4.69, 9.17) is 4.74 Å². The molecule has 3 rings (SSSR count). The minimum Gasteiger partial charge on any atom is -0.378 e. The Kier molecular flexibility index (Phi) is 4.96. The number of aryl methyl sites for hydroxylation is 1. The molecule has 0 spiro atoms. The first-order valence-corrected chi connectivity index (χ1v) is 8.49. The van der Waals surface area contributed by atoms with Crippen LogP contribution < -0.4 is 10.2 Å². The van der Waals surface area contributed by atoms with Crippen LogP contribution in [0.3, 0.4) is 0 Å². The summed E-state index contributed by atoms with van der Waals surface area (Å²) in [6.45, 7) is 3.65. The zero-order valence-electron chi connectivity index (χ0n) is 13.4. The molecular formula is C16H16F3N3O2S. The molecular weight excluding hydrogens is 355 g/mol. The molecule has 1 aromatic carbocycles. The predicted molar refractivity (Wildman–Crippen MR) is 89.3 cm³/mol. The Balaban J connectivity index is 1.90. The second-order valence-electron chi connectivity index (χ2n) is 5.55. The van der Waals surface area contributed by atoms with Crippen molar-refractivity contribution < 1.29 is 22.7 Å². The van der Waals surface area contributed by atoms with E-state index in [1.54, 1.807) is 13.0 Å². The van der Waals surface area contributed by atoms with Crippen LogP contribution in [0.25, 0.3) is 0 Å². The molecule has 25 heavy (non-hydrogen) atoms. The Hall–Kier alpha value is -2.13. The van der Waals surface area contributed by atoms with E-state index in [0.29, 0.717) is 42.6 Å². The number of halogens is 3. The van der Waals surface area contributed by atoms with Gasteiger partial charge in [0.25, 0.3) is 5.91 Å². The third kappa shape index (κ3) is 3.93. The van der Waals surface area contributed by atoms with Crippen molar-refractivity contribution in [1.29, 1.82) is 0 Å². The maximum absolute atomic E-state index is 13.5. The molecule has 1 N–H and O–H groups in total. The number of hydrogen-bond donors (Lipinski definition) is 1. The number of ether oxygens (including phenoxy) is 1. The third-order valence-corrected chi connectivity index (χ3v) is 4.81. The lowest BCUT2D eigenvalue weighted by molar-refractivity contribution is -0.136. The second kappa shape index (κ2) is 7.01. The fourth-order valence-corrected chi connectivity index (χ4v) is 3.29. The van der Waals surface area contributed by atoms with Crippen LogP contribution in [-0.2, 0) is 10.9 Å². The Morgan fingerprint density at radius 1 is 1.32 bits per heavy atom. The standard InChI is InChI=1S/C16H16F3N3O2S/c1-10-14(25-9-20-10)15(23)21-13-3-2-11(8-12(13)16(17,18)19)22-4-6-24-7-5-22/h2-3,8-9H,4-7H2,1H3,(H,21,23). The van der Waals surface area contributed by atoms with Gasteiger partial charge in [-0.25, -0.2) is 4.98 Å². The van der Waals surface area contributed by atoms with E-state index >= 15 is 0 Å². The van der Waals surface area contributed by atoms with Crippen LogP contribution in [0.5, 0.6) is 0 Å². The zero-order chi connectivity index (χ0) is 18.0. The minimum absolute atomic E-state index is 0.262. The molecule has 2 aromatic rings. The highest BCUT2D eigenvalue weighted by molar-refractivity contribution is 7.12. The summed E-state index contributed by atoms with van der Waals surface area (Å²) in [7, 11) is 0. The summed E-state index contributed by atoms with van der Waals surface area (Å²) < 4.78 is 45.6. The largest absolute Gasteiger partial charge is 0.418 e. The van der Waals surface area contributed by atoms with E-state index in [0.717, 1.165) is 17.4 Å². The molecule has 0 atom stereocenters. The number of hydrogen-bond acceptors (Lipinski definition) is 5. The van der Waals surface area contributed by atoms with E-state index in [2.05, 4.69) is 10.3 Å². The average Bonchev–Trinajstić information content (AvgIpc) is 3.01.